The normalized spacial score (nSPS) is 16.6. The van der Waals surface area contributed by atoms with Crippen molar-refractivity contribution in [3.05, 3.63) is 113 Å². The molecule has 0 saturated heterocycles. The summed E-state index contributed by atoms with van der Waals surface area (Å²) < 4.78 is 29.9. The number of rotatable bonds is 11. The van der Waals surface area contributed by atoms with E-state index in [2.05, 4.69) is 54.3 Å². The summed E-state index contributed by atoms with van der Waals surface area (Å²) in [5, 5.41) is 8.64. The Morgan fingerprint density at radius 1 is 0.857 bits per heavy atom. The molecule has 4 aromatic carbocycles. The number of sulfonamides is 1. The zero-order chi connectivity index (χ0) is 29.7. The maximum atomic E-state index is 13.5. The van der Waals surface area contributed by atoms with Gasteiger partial charge in [-0.3, -0.25) is 4.79 Å². The number of hydrogen-bond donors (Lipinski definition) is 3. The molecule has 0 spiro atoms. The van der Waals surface area contributed by atoms with E-state index < -0.39 is 16.1 Å². The number of aryl methyl sites for hydroxylation is 1. The van der Waals surface area contributed by atoms with E-state index in [4.69, 9.17) is 0 Å². The third-order valence-electron chi connectivity index (χ3n) is 8.07. The molecule has 0 aromatic heterocycles. The van der Waals surface area contributed by atoms with Gasteiger partial charge in [0.25, 0.3) is 0 Å². The van der Waals surface area contributed by atoms with Crippen molar-refractivity contribution in [2.75, 3.05) is 6.54 Å². The summed E-state index contributed by atoms with van der Waals surface area (Å²) in [6.07, 6.45) is 2.84. The maximum Gasteiger partial charge on any atom is 0.241 e. The second-order valence-corrected chi connectivity index (χ2v) is 13.5. The van der Waals surface area contributed by atoms with Crippen molar-refractivity contribution in [2.24, 2.45) is 5.92 Å². The first-order valence-corrected chi connectivity index (χ1v) is 16.4. The van der Waals surface area contributed by atoms with Crippen LogP contribution in [0, 0.1) is 5.92 Å². The summed E-state index contributed by atoms with van der Waals surface area (Å²) in [4.78, 5) is 13.6. The van der Waals surface area contributed by atoms with Crippen molar-refractivity contribution in [1.82, 2.24) is 15.4 Å². The van der Waals surface area contributed by atoms with Crippen molar-refractivity contribution in [3.63, 3.8) is 0 Å². The quantitative estimate of drug-likeness (QED) is 0.182. The molecule has 220 valence electrons. The monoisotopic (exact) mass is 583 g/mol. The maximum absolute atomic E-state index is 13.5. The average Bonchev–Trinajstić information content (AvgIpc) is 2.99. The van der Waals surface area contributed by atoms with Crippen molar-refractivity contribution >= 4 is 26.7 Å². The van der Waals surface area contributed by atoms with Gasteiger partial charge in [0.2, 0.25) is 15.9 Å². The predicted octanol–water partition coefficient (Wildman–Crippen LogP) is 6.75. The third kappa shape index (κ3) is 7.27. The van der Waals surface area contributed by atoms with Crippen LogP contribution in [-0.2, 0) is 21.2 Å². The Balaban J connectivity index is 1.32. The fraction of sp³-hybridized carbons (Fsp3) is 0.343. The fourth-order valence-corrected chi connectivity index (χ4v) is 6.98. The molecule has 3 atom stereocenters. The van der Waals surface area contributed by atoms with Crippen molar-refractivity contribution in [3.8, 4) is 0 Å². The number of hydrogen-bond acceptors (Lipinski definition) is 4. The molecule has 1 amide bonds. The Labute approximate surface area is 250 Å². The van der Waals surface area contributed by atoms with Crippen LogP contribution in [0.15, 0.2) is 95.9 Å². The molecule has 0 saturated carbocycles. The summed E-state index contributed by atoms with van der Waals surface area (Å²) in [6.45, 7) is 7.56. The van der Waals surface area contributed by atoms with E-state index in [0.29, 0.717) is 5.92 Å². The highest BCUT2D eigenvalue weighted by molar-refractivity contribution is 7.89. The van der Waals surface area contributed by atoms with Gasteiger partial charge in [-0.2, -0.15) is 0 Å². The van der Waals surface area contributed by atoms with Gasteiger partial charge in [0.15, 0.2) is 0 Å². The van der Waals surface area contributed by atoms with Crippen LogP contribution in [0.3, 0.4) is 0 Å². The van der Waals surface area contributed by atoms with Crippen LogP contribution in [0.25, 0.3) is 10.8 Å². The first kappa shape index (κ1) is 30.0. The SMILES string of the molecule is CC(C)CN[C@H](C)c1ccc2c(c1)CCC[C@H]2NC(=O)CC(NS(=O)(=O)c1ccc2ccccc2c1)c1ccccc1. The Bertz CT molecular complexity index is 1640. The van der Waals surface area contributed by atoms with Gasteiger partial charge in [-0.05, 0) is 83.8 Å². The summed E-state index contributed by atoms with van der Waals surface area (Å²) >= 11 is 0. The van der Waals surface area contributed by atoms with Gasteiger partial charge in [-0.15, -0.1) is 0 Å². The number of fused-ring (bicyclic) bond motifs is 2. The first-order chi connectivity index (χ1) is 20.2. The van der Waals surface area contributed by atoms with Crippen molar-refractivity contribution in [1.29, 1.82) is 0 Å². The lowest BCUT2D eigenvalue weighted by Crippen LogP contribution is -2.36. The van der Waals surface area contributed by atoms with E-state index >= 15 is 0 Å². The molecule has 0 fully saturated rings. The average molecular weight is 584 g/mol. The Hall–Kier alpha value is -3.52. The van der Waals surface area contributed by atoms with Crippen LogP contribution in [0.5, 0.6) is 0 Å². The van der Waals surface area contributed by atoms with Crippen molar-refractivity contribution in [2.45, 2.75) is 69.5 Å². The van der Waals surface area contributed by atoms with Gasteiger partial charge in [0.05, 0.1) is 17.0 Å². The fourth-order valence-electron chi connectivity index (χ4n) is 5.73. The molecule has 0 heterocycles. The van der Waals surface area contributed by atoms with E-state index in [1.807, 2.05) is 54.6 Å². The van der Waals surface area contributed by atoms with Gasteiger partial charge in [-0.1, -0.05) is 92.7 Å². The highest BCUT2D eigenvalue weighted by Gasteiger charge is 2.27. The molecule has 0 aliphatic heterocycles. The van der Waals surface area contributed by atoms with Crippen LogP contribution in [0.1, 0.15) is 80.4 Å². The standard InChI is InChI=1S/C35H41N3O3S/c1-24(2)23-36-25(3)28-17-19-32-30(20-28)14-9-15-33(32)37-35(39)22-34(27-11-5-4-6-12-27)38-42(40,41)31-18-16-26-10-7-8-13-29(26)21-31/h4-8,10-13,16-21,24-25,33-34,36,38H,9,14-15,22-23H2,1-3H3,(H,37,39)/t25-,33-,34?/m1/s1. The molecule has 0 radical (unpaired) electrons. The molecule has 7 heteroatoms. The topological polar surface area (TPSA) is 87.3 Å². The molecule has 6 nitrogen and oxygen atoms in total. The van der Waals surface area contributed by atoms with E-state index in [1.165, 1.54) is 11.1 Å². The largest absolute Gasteiger partial charge is 0.349 e. The smallest absolute Gasteiger partial charge is 0.241 e. The van der Waals surface area contributed by atoms with E-state index in [1.54, 1.807) is 18.2 Å². The van der Waals surface area contributed by atoms with E-state index in [-0.39, 0.29) is 29.3 Å². The molecular weight excluding hydrogens is 542 g/mol. The van der Waals surface area contributed by atoms with E-state index in [9.17, 15) is 13.2 Å². The Kier molecular flexibility index (Phi) is 9.41. The zero-order valence-corrected chi connectivity index (χ0v) is 25.5. The lowest BCUT2D eigenvalue weighted by atomic mass is 9.85. The number of nitrogens with one attached hydrogen (secondary N) is 3. The molecule has 1 aliphatic carbocycles. The van der Waals surface area contributed by atoms with Crippen LogP contribution >= 0.6 is 0 Å². The van der Waals surface area contributed by atoms with Gasteiger partial charge >= 0.3 is 0 Å². The second-order valence-electron chi connectivity index (χ2n) is 11.8. The van der Waals surface area contributed by atoms with Gasteiger partial charge in [0, 0.05) is 12.5 Å². The minimum Gasteiger partial charge on any atom is -0.349 e. The van der Waals surface area contributed by atoms with Crippen LogP contribution in [-0.4, -0.2) is 20.9 Å². The van der Waals surface area contributed by atoms with E-state index in [0.717, 1.165) is 47.7 Å². The van der Waals surface area contributed by atoms with Gasteiger partial charge in [0.1, 0.15) is 0 Å². The number of carbonyl (C=O) groups excluding carboxylic acids is 1. The summed E-state index contributed by atoms with van der Waals surface area (Å²) in [6, 6.07) is 28.1. The molecule has 42 heavy (non-hydrogen) atoms. The second kappa shape index (κ2) is 13.2. The summed E-state index contributed by atoms with van der Waals surface area (Å²) in [5.41, 5.74) is 4.43. The van der Waals surface area contributed by atoms with Crippen LogP contribution in [0.4, 0.5) is 0 Å². The molecule has 3 N–H and O–H groups in total. The third-order valence-corrected chi connectivity index (χ3v) is 9.54. The molecular formula is C35H41N3O3S. The molecule has 1 aliphatic rings. The predicted molar refractivity (Wildman–Crippen MR) is 170 cm³/mol. The van der Waals surface area contributed by atoms with Crippen LogP contribution in [0.2, 0.25) is 0 Å². The number of amides is 1. The summed E-state index contributed by atoms with van der Waals surface area (Å²) in [5.74, 6) is 0.403. The Morgan fingerprint density at radius 3 is 2.36 bits per heavy atom. The molecule has 1 unspecified atom stereocenters. The lowest BCUT2D eigenvalue weighted by Gasteiger charge is -2.29. The minimum atomic E-state index is -3.89. The van der Waals surface area contributed by atoms with Gasteiger partial charge < -0.3 is 10.6 Å². The Morgan fingerprint density at radius 2 is 1.60 bits per heavy atom. The summed E-state index contributed by atoms with van der Waals surface area (Å²) in [7, 11) is -3.89. The molecule has 4 aromatic rings. The first-order valence-electron chi connectivity index (χ1n) is 14.9. The highest BCUT2D eigenvalue weighted by Crippen LogP contribution is 2.32. The van der Waals surface area contributed by atoms with Crippen LogP contribution < -0.4 is 15.4 Å². The molecule has 0 bridgehead atoms. The van der Waals surface area contributed by atoms with Crippen molar-refractivity contribution < 1.29 is 13.2 Å². The minimum absolute atomic E-state index is 0.00308. The zero-order valence-electron chi connectivity index (χ0n) is 24.6. The molecule has 5 rings (SSSR count). The van der Waals surface area contributed by atoms with Gasteiger partial charge in [-0.25, -0.2) is 13.1 Å². The lowest BCUT2D eigenvalue weighted by molar-refractivity contribution is -0.122. The number of carbonyl (C=O) groups is 1. The number of benzene rings is 4. The highest BCUT2D eigenvalue weighted by atomic mass is 32.2.